The molecule has 2 aromatic heterocycles. The summed E-state index contributed by atoms with van der Waals surface area (Å²) in [6.45, 7) is 2.15. The molecular weight excluding hydrogens is 386 g/mol. The van der Waals surface area contributed by atoms with Gasteiger partial charge in [-0.15, -0.1) is 5.10 Å². The molecule has 0 bridgehead atoms. The number of carbonyl (C=O) groups is 1. The first-order chi connectivity index (χ1) is 14.5. The smallest absolute Gasteiger partial charge is 0.273 e. The van der Waals surface area contributed by atoms with Crippen molar-refractivity contribution >= 4 is 22.6 Å². The van der Waals surface area contributed by atoms with Crippen molar-refractivity contribution in [2.24, 2.45) is 0 Å². The molecule has 10 heteroatoms. The molecule has 0 aliphatic carbocycles. The number of para-hydroxylation sites is 2. The Morgan fingerprint density at radius 2 is 2.07 bits per heavy atom. The second-order valence-corrected chi connectivity index (χ2v) is 6.77. The number of aromatic nitrogens is 5. The predicted octanol–water partition coefficient (Wildman–Crippen LogP) is 2.72. The van der Waals surface area contributed by atoms with E-state index in [0.29, 0.717) is 30.8 Å². The maximum atomic E-state index is 12.5. The Hall–Kier alpha value is -4.08. The molecule has 0 radical (unpaired) electrons. The lowest BCUT2D eigenvalue weighted by Crippen LogP contribution is -2.26. The van der Waals surface area contributed by atoms with Crippen molar-refractivity contribution in [3.05, 3.63) is 75.9 Å². The number of rotatable bonds is 7. The van der Waals surface area contributed by atoms with E-state index in [4.69, 9.17) is 0 Å². The Labute approximate surface area is 171 Å². The number of imidazole rings is 1. The van der Waals surface area contributed by atoms with Crippen LogP contribution < -0.4 is 5.32 Å². The first-order valence-corrected chi connectivity index (χ1v) is 9.42. The fraction of sp³-hybridized carbons (Fsp3) is 0.200. The minimum Gasteiger partial charge on any atom is -0.351 e. The number of nitro benzene ring substituents is 1. The Kier molecular flexibility index (Phi) is 5.21. The lowest BCUT2D eigenvalue weighted by molar-refractivity contribution is -0.384. The van der Waals surface area contributed by atoms with Gasteiger partial charge in [-0.25, -0.2) is 9.67 Å². The van der Waals surface area contributed by atoms with Crippen LogP contribution in [0.5, 0.6) is 0 Å². The zero-order valence-corrected chi connectivity index (χ0v) is 16.2. The highest BCUT2D eigenvalue weighted by atomic mass is 16.6. The number of amides is 1. The van der Waals surface area contributed by atoms with Crippen LogP contribution in [-0.2, 0) is 6.42 Å². The molecule has 0 fully saturated rings. The summed E-state index contributed by atoms with van der Waals surface area (Å²) in [5, 5.41) is 21.7. The van der Waals surface area contributed by atoms with Crippen LogP contribution >= 0.6 is 0 Å². The van der Waals surface area contributed by atoms with Crippen LogP contribution in [0.25, 0.3) is 16.7 Å². The molecule has 0 aliphatic rings. The zero-order chi connectivity index (χ0) is 21.1. The zero-order valence-electron chi connectivity index (χ0n) is 16.2. The van der Waals surface area contributed by atoms with Gasteiger partial charge >= 0.3 is 0 Å². The summed E-state index contributed by atoms with van der Waals surface area (Å²) >= 11 is 0. The van der Waals surface area contributed by atoms with Crippen molar-refractivity contribution in [1.82, 2.24) is 30.3 Å². The third kappa shape index (κ3) is 3.88. The van der Waals surface area contributed by atoms with Crippen molar-refractivity contribution in [2.75, 3.05) is 6.54 Å². The van der Waals surface area contributed by atoms with Gasteiger partial charge in [0.2, 0.25) is 0 Å². The summed E-state index contributed by atoms with van der Waals surface area (Å²) in [6.07, 6.45) is 1.41. The quantitative estimate of drug-likeness (QED) is 0.276. The monoisotopic (exact) mass is 405 g/mol. The Morgan fingerprint density at radius 1 is 1.23 bits per heavy atom. The largest absolute Gasteiger partial charge is 0.351 e. The number of nitro groups is 1. The molecule has 30 heavy (non-hydrogen) atoms. The molecule has 152 valence electrons. The average Bonchev–Trinajstić information content (AvgIpc) is 3.34. The summed E-state index contributed by atoms with van der Waals surface area (Å²) in [5.41, 5.74) is 3.02. The number of hydrogen-bond acceptors (Lipinski definition) is 6. The van der Waals surface area contributed by atoms with Crippen LogP contribution in [0, 0.1) is 17.0 Å². The minimum atomic E-state index is -0.481. The molecule has 0 saturated carbocycles. The number of H-pyrrole nitrogens is 1. The second kappa shape index (κ2) is 8.11. The number of non-ortho nitro benzene ring substituents is 1. The number of hydrogen-bond donors (Lipinski definition) is 2. The Balaban J connectivity index is 1.37. The summed E-state index contributed by atoms with van der Waals surface area (Å²) in [6, 6.07) is 13.8. The molecule has 10 nitrogen and oxygen atoms in total. The van der Waals surface area contributed by atoms with Crippen LogP contribution in [0.4, 0.5) is 5.69 Å². The van der Waals surface area contributed by atoms with Gasteiger partial charge in [-0.2, -0.15) is 0 Å². The highest BCUT2D eigenvalue weighted by Crippen LogP contribution is 2.18. The maximum Gasteiger partial charge on any atom is 0.273 e. The molecule has 2 aromatic carbocycles. The van der Waals surface area contributed by atoms with E-state index in [9.17, 15) is 14.9 Å². The Bertz CT molecular complexity index is 1200. The van der Waals surface area contributed by atoms with Gasteiger partial charge in [0.05, 0.1) is 27.3 Å². The number of nitrogens with one attached hydrogen (secondary N) is 2. The van der Waals surface area contributed by atoms with E-state index in [-0.39, 0.29) is 17.3 Å². The Morgan fingerprint density at radius 3 is 2.87 bits per heavy atom. The molecule has 2 heterocycles. The van der Waals surface area contributed by atoms with Gasteiger partial charge in [0.1, 0.15) is 5.82 Å². The highest BCUT2D eigenvalue weighted by molar-refractivity contribution is 5.93. The summed E-state index contributed by atoms with van der Waals surface area (Å²) in [4.78, 5) is 30.7. The van der Waals surface area contributed by atoms with Crippen molar-refractivity contribution < 1.29 is 9.72 Å². The molecule has 0 unspecified atom stereocenters. The van der Waals surface area contributed by atoms with Crippen LogP contribution in [0.3, 0.4) is 0 Å². The van der Waals surface area contributed by atoms with Crippen LogP contribution in [0.1, 0.15) is 28.4 Å². The molecule has 4 rings (SSSR count). The van der Waals surface area contributed by atoms with E-state index >= 15 is 0 Å². The van der Waals surface area contributed by atoms with Crippen LogP contribution in [0.2, 0.25) is 0 Å². The number of fused-ring (bicyclic) bond motifs is 1. The van der Waals surface area contributed by atoms with Crippen molar-refractivity contribution in [1.29, 1.82) is 0 Å². The SMILES string of the molecule is Cc1c(C(=O)NCCCc2nc3ccccc3[nH]2)nnn1-c1cccc([N+](=O)[O-])c1. The molecule has 0 saturated heterocycles. The van der Waals surface area contributed by atoms with Gasteiger partial charge in [0, 0.05) is 25.1 Å². The van der Waals surface area contributed by atoms with Crippen molar-refractivity contribution in [3.63, 3.8) is 0 Å². The molecule has 4 aromatic rings. The van der Waals surface area contributed by atoms with E-state index in [1.54, 1.807) is 19.1 Å². The summed E-state index contributed by atoms with van der Waals surface area (Å²) in [7, 11) is 0. The fourth-order valence-electron chi connectivity index (χ4n) is 3.19. The molecule has 0 spiro atoms. The third-order valence-electron chi connectivity index (χ3n) is 4.71. The molecular formula is C20H19N7O3. The molecule has 0 aliphatic heterocycles. The van der Waals surface area contributed by atoms with E-state index in [1.807, 2.05) is 24.3 Å². The van der Waals surface area contributed by atoms with Gasteiger partial charge in [0.15, 0.2) is 5.69 Å². The van der Waals surface area contributed by atoms with Crippen molar-refractivity contribution in [3.8, 4) is 5.69 Å². The minimum absolute atomic E-state index is 0.0565. The summed E-state index contributed by atoms with van der Waals surface area (Å²) < 4.78 is 1.41. The number of benzene rings is 2. The van der Waals surface area contributed by atoms with Gasteiger partial charge in [-0.3, -0.25) is 14.9 Å². The number of aromatic amines is 1. The van der Waals surface area contributed by atoms with Gasteiger partial charge < -0.3 is 10.3 Å². The van der Waals surface area contributed by atoms with E-state index in [0.717, 1.165) is 16.9 Å². The molecule has 0 atom stereocenters. The molecule has 2 N–H and O–H groups in total. The highest BCUT2D eigenvalue weighted by Gasteiger charge is 2.18. The lowest BCUT2D eigenvalue weighted by atomic mass is 10.2. The second-order valence-electron chi connectivity index (χ2n) is 6.77. The predicted molar refractivity (Wildman–Crippen MR) is 109 cm³/mol. The van der Waals surface area contributed by atoms with Crippen LogP contribution in [0.15, 0.2) is 48.5 Å². The normalized spacial score (nSPS) is 11.0. The van der Waals surface area contributed by atoms with E-state index < -0.39 is 4.92 Å². The average molecular weight is 405 g/mol. The van der Waals surface area contributed by atoms with Gasteiger partial charge in [0.25, 0.3) is 11.6 Å². The van der Waals surface area contributed by atoms with Gasteiger partial charge in [-0.05, 0) is 31.5 Å². The topological polar surface area (TPSA) is 132 Å². The lowest BCUT2D eigenvalue weighted by Gasteiger charge is -2.05. The van der Waals surface area contributed by atoms with E-state index in [1.165, 1.54) is 16.8 Å². The maximum absolute atomic E-state index is 12.5. The van der Waals surface area contributed by atoms with Gasteiger partial charge in [-0.1, -0.05) is 23.4 Å². The third-order valence-corrected chi connectivity index (χ3v) is 4.71. The number of carbonyl (C=O) groups excluding carboxylic acids is 1. The van der Waals surface area contributed by atoms with Crippen LogP contribution in [-0.4, -0.2) is 42.3 Å². The first-order valence-electron chi connectivity index (χ1n) is 9.42. The standard InChI is InChI=1S/C20H19N7O3/c1-13-19(24-25-26(13)14-6-4-7-15(12-14)27(29)30)20(28)21-11-5-10-18-22-16-8-2-3-9-17(16)23-18/h2-4,6-9,12H,5,10-11H2,1H3,(H,21,28)(H,22,23). The number of nitrogens with zero attached hydrogens (tertiary/aromatic N) is 5. The fourth-order valence-corrected chi connectivity index (χ4v) is 3.19. The molecule has 1 amide bonds. The number of aryl methyl sites for hydroxylation is 1. The van der Waals surface area contributed by atoms with E-state index in [2.05, 4.69) is 25.6 Å². The summed E-state index contributed by atoms with van der Waals surface area (Å²) in [5.74, 6) is 0.534. The first kappa shape index (κ1) is 19.2. The van der Waals surface area contributed by atoms with Crippen molar-refractivity contribution in [2.45, 2.75) is 19.8 Å².